The lowest BCUT2D eigenvalue weighted by molar-refractivity contribution is 0.122. The van der Waals surface area contributed by atoms with Crippen LogP contribution >= 0.6 is 0 Å². The van der Waals surface area contributed by atoms with Crippen LogP contribution in [0, 0.1) is 0 Å². The van der Waals surface area contributed by atoms with Crippen molar-refractivity contribution < 1.29 is 14.2 Å². The number of H-pyrrole nitrogens is 1. The number of nitrogens with one attached hydrogen (secondary N) is 1. The van der Waals surface area contributed by atoms with E-state index in [0.717, 1.165) is 36.6 Å². The highest BCUT2D eigenvalue weighted by Gasteiger charge is 2.26. The van der Waals surface area contributed by atoms with Crippen LogP contribution in [0.1, 0.15) is 11.3 Å². The fourth-order valence-electron chi connectivity index (χ4n) is 4.17. The van der Waals surface area contributed by atoms with Crippen LogP contribution in [0.4, 0.5) is 11.8 Å². The van der Waals surface area contributed by atoms with Crippen LogP contribution in [-0.4, -0.2) is 67.0 Å². The van der Waals surface area contributed by atoms with Gasteiger partial charge in [0.25, 0.3) is 5.56 Å². The molecule has 5 rings (SSSR count). The molecule has 10 heteroatoms. The van der Waals surface area contributed by atoms with Gasteiger partial charge in [-0.2, -0.15) is 0 Å². The van der Waals surface area contributed by atoms with Gasteiger partial charge in [0.05, 0.1) is 50.6 Å². The Kier molecular flexibility index (Phi) is 5.06. The predicted octanol–water partition coefficient (Wildman–Crippen LogP) is 1.13. The van der Waals surface area contributed by atoms with E-state index in [-0.39, 0.29) is 5.56 Å². The van der Waals surface area contributed by atoms with Crippen LogP contribution in [0.3, 0.4) is 0 Å². The van der Waals surface area contributed by atoms with Crippen molar-refractivity contribution >= 4 is 22.7 Å². The molecule has 0 aliphatic carbocycles. The summed E-state index contributed by atoms with van der Waals surface area (Å²) in [4.78, 5) is 33.7. The van der Waals surface area contributed by atoms with E-state index >= 15 is 0 Å². The second-order valence-corrected chi connectivity index (χ2v) is 7.51. The van der Waals surface area contributed by atoms with Gasteiger partial charge < -0.3 is 24.0 Å². The molecule has 2 aliphatic heterocycles. The third kappa shape index (κ3) is 3.52. The normalized spacial score (nSPS) is 16.3. The van der Waals surface area contributed by atoms with Gasteiger partial charge >= 0.3 is 0 Å². The number of anilines is 2. The zero-order valence-corrected chi connectivity index (χ0v) is 17.6. The smallest absolute Gasteiger partial charge is 0.260 e. The molecule has 0 spiro atoms. The van der Waals surface area contributed by atoms with Crippen molar-refractivity contribution in [3.8, 4) is 11.5 Å². The topological polar surface area (TPSA) is 106 Å². The molecular formula is C21H24N6O4. The van der Waals surface area contributed by atoms with Gasteiger partial charge in [-0.3, -0.25) is 9.78 Å². The molecule has 0 atom stereocenters. The molecule has 10 nitrogen and oxygen atoms in total. The minimum atomic E-state index is -0.219. The number of fused-ring (bicyclic) bond motifs is 2. The van der Waals surface area contributed by atoms with E-state index in [2.05, 4.69) is 19.9 Å². The summed E-state index contributed by atoms with van der Waals surface area (Å²) in [6.07, 6.45) is 2.39. The number of benzene rings is 1. The maximum atomic E-state index is 12.8. The highest BCUT2D eigenvalue weighted by atomic mass is 16.5. The third-order valence-corrected chi connectivity index (χ3v) is 5.79. The Morgan fingerprint density at radius 3 is 2.58 bits per heavy atom. The number of hydrogen-bond acceptors (Lipinski definition) is 9. The van der Waals surface area contributed by atoms with Gasteiger partial charge in [0.1, 0.15) is 12.1 Å². The number of aromatic nitrogens is 4. The minimum Gasteiger partial charge on any atom is -0.493 e. The summed E-state index contributed by atoms with van der Waals surface area (Å²) < 4.78 is 16.1. The molecule has 0 saturated carbocycles. The summed E-state index contributed by atoms with van der Waals surface area (Å²) in [5.74, 6) is 2.53. The molecule has 0 radical (unpaired) electrons. The fourth-order valence-corrected chi connectivity index (χ4v) is 4.17. The molecular weight excluding hydrogens is 400 g/mol. The quantitative estimate of drug-likeness (QED) is 0.660. The first kappa shape index (κ1) is 19.6. The second kappa shape index (κ2) is 8.03. The first-order chi connectivity index (χ1) is 15.2. The summed E-state index contributed by atoms with van der Waals surface area (Å²) >= 11 is 0. The van der Waals surface area contributed by atoms with E-state index in [9.17, 15) is 4.79 Å². The van der Waals surface area contributed by atoms with Crippen LogP contribution in [0.25, 0.3) is 10.9 Å². The van der Waals surface area contributed by atoms with Crippen molar-refractivity contribution in [3.63, 3.8) is 0 Å². The van der Waals surface area contributed by atoms with E-state index in [1.165, 1.54) is 7.11 Å². The average molecular weight is 424 g/mol. The van der Waals surface area contributed by atoms with E-state index in [4.69, 9.17) is 19.2 Å². The van der Waals surface area contributed by atoms with Crippen LogP contribution in [0.5, 0.6) is 11.5 Å². The predicted molar refractivity (Wildman–Crippen MR) is 115 cm³/mol. The number of methoxy groups -OCH3 is 2. The summed E-state index contributed by atoms with van der Waals surface area (Å²) in [6, 6.07) is 3.38. The summed E-state index contributed by atoms with van der Waals surface area (Å²) in [5.41, 5.74) is 2.45. The van der Waals surface area contributed by atoms with Crippen LogP contribution in [0.2, 0.25) is 0 Å². The van der Waals surface area contributed by atoms with Crippen molar-refractivity contribution in [1.82, 2.24) is 19.9 Å². The number of nitrogens with zero attached hydrogens (tertiary/aromatic N) is 5. The summed E-state index contributed by atoms with van der Waals surface area (Å²) in [5, 5.41) is 0.454. The molecule has 0 amide bonds. The highest BCUT2D eigenvalue weighted by Crippen LogP contribution is 2.31. The lowest BCUT2D eigenvalue weighted by Crippen LogP contribution is -2.39. The van der Waals surface area contributed by atoms with Gasteiger partial charge in [0.15, 0.2) is 11.5 Å². The van der Waals surface area contributed by atoms with E-state index in [0.29, 0.717) is 54.7 Å². The maximum Gasteiger partial charge on any atom is 0.260 e. The molecule has 1 fully saturated rings. The lowest BCUT2D eigenvalue weighted by Gasteiger charge is -2.33. The minimum absolute atomic E-state index is 0.219. The molecule has 3 aromatic rings. The molecule has 0 unspecified atom stereocenters. The number of morpholine rings is 1. The van der Waals surface area contributed by atoms with Crippen molar-refractivity contribution in [2.24, 2.45) is 0 Å². The number of rotatable bonds is 4. The Bertz CT molecular complexity index is 1170. The first-order valence-corrected chi connectivity index (χ1v) is 10.2. The number of hydrogen-bond donors (Lipinski definition) is 1. The van der Waals surface area contributed by atoms with Crippen molar-refractivity contribution in [2.75, 3.05) is 56.9 Å². The van der Waals surface area contributed by atoms with E-state index in [1.54, 1.807) is 25.6 Å². The Morgan fingerprint density at radius 1 is 1.03 bits per heavy atom. The first-order valence-electron chi connectivity index (χ1n) is 10.2. The number of ether oxygens (including phenoxy) is 3. The zero-order valence-electron chi connectivity index (χ0n) is 17.6. The Hall–Kier alpha value is -3.40. The monoisotopic (exact) mass is 424 g/mol. The van der Waals surface area contributed by atoms with Gasteiger partial charge in [0.2, 0.25) is 5.95 Å². The second-order valence-electron chi connectivity index (χ2n) is 7.51. The Morgan fingerprint density at radius 2 is 1.81 bits per heavy atom. The van der Waals surface area contributed by atoms with Gasteiger partial charge in [-0.05, 0) is 12.5 Å². The molecule has 31 heavy (non-hydrogen) atoms. The molecule has 2 aliphatic rings. The number of aromatic amines is 1. The van der Waals surface area contributed by atoms with Crippen LogP contribution in [-0.2, 0) is 17.7 Å². The van der Waals surface area contributed by atoms with Gasteiger partial charge in [-0.25, -0.2) is 15.0 Å². The van der Waals surface area contributed by atoms with Crippen molar-refractivity contribution in [3.05, 3.63) is 40.1 Å². The van der Waals surface area contributed by atoms with Crippen molar-refractivity contribution in [2.45, 2.75) is 13.0 Å². The highest BCUT2D eigenvalue weighted by molar-refractivity contribution is 5.82. The van der Waals surface area contributed by atoms with E-state index < -0.39 is 0 Å². The average Bonchev–Trinajstić information content (AvgIpc) is 2.83. The molecule has 1 saturated heterocycles. The SMILES string of the molecule is COc1cc2nc(N3CCc4c(ncnc4N4CCOCC4)C3)[nH]c(=O)c2cc1OC. The largest absolute Gasteiger partial charge is 0.493 e. The molecule has 1 aromatic carbocycles. The fraction of sp³-hybridized carbons (Fsp3) is 0.429. The van der Waals surface area contributed by atoms with Crippen LogP contribution in [0.15, 0.2) is 23.3 Å². The van der Waals surface area contributed by atoms with Gasteiger partial charge in [-0.15, -0.1) is 0 Å². The Balaban J connectivity index is 1.48. The zero-order chi connectivity index (χ0) is 21.4. The molecule has 2 aromatic heterocycles. The molecule has 4 heterocycles. The van der Waals surface area contributed by atoms with Gasteiger partial charge in [0, 0.05) is 31.3 Å². The summed E-state index contributed by atoms with van der Waals surface area (Å²) in [7, 11) is 3.10. The summed E-state index contributed by atoms with van der Waals surface area (Å²) in [6.45, 7) is 4.34. The molecule has 1 N–H and O–H groups in total. The third-order valence-electron chi connectivity index (χ3n) is 5.79. The maximum absolute atomic E-state index is 12.8. The van der Waals surface area contributed by atoms with Gasteiger partial charge in [-0.1, -0.05) is 0 Å². The standard InChI is InChI=1S/C21H24N6O4/c1-29-17-9-14-15(10-18(17)30-2)24-21(25-20(14)28)27-4-3-13-16(11-27)22-12-23-19(13)26-5-7-31-8-6-26/h9-10,12H,3-8,11H2,1-2H3,(H,24,25,28). The Labute approximate surface area is 178 Å². The van der Waals surface area contributed by atoms with Crippen LogP contribution < -0.4 is 24.8 Å². The van der Waals surface area contributed by atoms with E-state index in [1.807, 2.05) is 4.90 Å². The molecule has 162 valence electrons. The lowest BCUT2D eigenvalue weighted by atomic mass is 10.1. The molecule has 0 bridgehead atoms. The van der Waals surface area contributed by atoms with Crippen molar-refractivity contribution in [1.29, 1.82) is 0 Å².